The molecule has 0 heterocycles. The number of halogens is 1. The molecule has 0 fully saturated rings. The molecule has 0 aliphatic heterocycles. The van der Waals surface area contributed by atoms with E-state index in [1.54, 1.807) is 0 Å². The van der Waals surface area contributed by atoms with E-state index >= 15 is 0 Å². The second kappa shape index (κ2) is 13.8. The van der Waals surface area contributed by atoms with Gasteiger partial charge in [0.1, 0.15) is 0 Å². The Labute approximate surface area is 110 Å². The lowest BCUT2D eigenvalue weighted by Gasteiger charge is -2.05. The predicted octanol–water partition coefficient (Wildman–Crippen LogP) is 3.11. The predicted molar refractivity (Wildman–Crippen MR) is 72.5 cm³/mol. The molecule has 17 heavy (non-hydrogen) atoms. The van der Waals surface area contributed by atoms with Crippen LogP contribution in [0.25, 0.3) is 0 Å². The molecule has 102 valence electrons. The van der Waals surface area contributed by atoms with Gasteiger partial charge >= 0.3 is 0 Å². The largest absolute Gasteiger partial charge is 0.380 e. The van der Waals surface area contributed by atoms with Crippen molar-refractivity contribution in [2.24, 2.45) is 0 Å². The molecule has 1 amide bonds. The van der Waals surface area contributed by atoms with Crippen LogP contribution in [-0.2, 0) is 9.53 Å². The number of alkyl halides is 1. The Morgan fingerprint density at radius 1 is 1.12 bits per heavy atom. The summed E-state index contributed by atoms with van der Waals surface area (Å²) >= 11 is 5.46. The van der Waals surface area contributed by atoms with Crippen molar-refractivity contribution in [3.05, 3.63) is 0 Å². The van der Waals surface area contributed by atoms with E-state index in [9.17, 15) is 4.79 Å². The van der Waals surface area contributed by atoms with Crippen LogP contribution < -0.4 is 5.32 Å². The molecule has 0 aromatic rings. The van der Waals surface area contributed by atoms with Gasteiger partial charge in [0.05, 0.1) is 6.61 Å². The third-order valence-corrected chi connectivity index (χ3v) is 2.67. The van der Waals surface area contributed by atoms with Gasteiger partial charge in [-0.05, 0) is 12.8 Å². The van der Waals surface area contributed by atoms with Crippen LogP contribution in [0.3, 0.4) is 0 Å². The molecule has 1 N–H and O–H groups in total. The Hall–Kier alpha value is -0.280. The molecule has 0 unspecified atom stereocenters. The number of rotatable bonds is 12. The maximum atomic E-state index is 11.4. The summed E-state index contributed by atoms with van der Waals surface area (Å²) in [6.45, 7) is 4.16. The molecule has 0 radical (unpaired) electrons. The van der Waals surface area contributed by atoms with Crippen molar-refractivity contribution in [3.8, 4) is 0 Å². The number of carbonyl (C=O) groups is 1. The molecule has 0 aromatic carbocycles. The summed E-state index contributed by atoms with van der Waals surface area (Å²) in [4.78, 5) is 11.4. The molecule has 0 atom stereocenters. The van der Waals surface area contributed by atoms with Crippen molar-refractivity contribution < 1.29 is 9.53 Å². The summed E-state index contributed by atoms with van der Waals surface area (Å²) in [5.74, 6) is 0.697. The zero-order valence-electron chi connectivity index (χ0n) is 11.0. The van der Waals surface area contributed by atoms with Gasteiger partial charge in [0, 0.05) is 25.5 Å². The Balaban J connectivity index is 3.12. The van der Waals surface area contributed by atoms with Gasteiger partial charge in [-0.2, -0.15) is 0 Å². The fourth-order valence-electron chi connectivity index (χ4n) is 1.54. The van der Waals surface area contributed by atoms with Crippen LogP contribution in [0, 0.1) is 0 Å². The second-order valence-corrected chi connectivity index (χ2v) is 4.55. The minimum absolute atomic E-state index is 0.166. The number of unbranched alkanes of at least 4 members (excludes halogenated alkanes) is 4. The van der Waals surface area contributed by atoms with Crippen molar-refractivity contribution in [2.45, 2.75) is 51.9 Å². The van der Waals surface area contributed by atoms with Gasteiger partial charge < -0.3 is 10.1 Å². The summed E-state index contributed by atoms with van der Waals surface area (Å²) in [7, 11) is 0. The number of amides is 1. The number of hydrogen-bond acceptors (Lipinski definition) is 2. The zero-order valence-corrected chi connectivity index (χ0v) is 11.7. The van der Waals surface area contributed by atoms with Crippen LogP contribution in [0.15, 0.2) is 0 Å². The minimum Gasteiger partial charge on any atom is -0.380 e. The number of nitrogens with one attached hydrogen (secondary N) is 1. The average molecular weight is 264 g/mol. The van der Waals surface area contributed by atoms with E-state index in [-0.39, 0.29) is 5.91 Å². The molecule has 0 spiro atoms. The number of carbonyl (C=O) groups excluding carboxylic acids is 1. The van der Waals surface area contributed by atoms with Crippen molar-refractivity contribution >= 4 is 17.5 Å². The summed E-state index contributed by atoms with van der Waals surface area (Å²) < 4.78 is 5.21. The highest BCUT2D eigenvalue weighted by molar-refractivity contribution is 6.17. The minimum atomic E-state index is 0.166. The smallest absolute Gasteiger partial charge is 0.219 e. The van der Waals surface area contributed by atoms with Crippen LogP contribution in [-0.4, -0.2) is 31.5 Å². The molecule has 0 saturated heterocycles. The molecule has 3 nitrogen and oxygen atoms in total. The topological polar surface area (TPSA) is 38.3 Å². The van der Waals surface area contributed by atoms with Gasteiger partial charge in [0.2, 0.25) is 5.91 Å². The first-order chi connectivity index (χ1) is 8.31. The maximum absolute atomic E-state index is 11.4. The molecule has 0 saturated carbocycles. The quantitative estimate of drug-likeness (QED) is 0.434. The lowest BCUT2D eigenvalue weighted by Crippen LogP contribution is -2.24. The monoisotopic (exact) mass is 263 g/mol. The summed E-state index contributed by atoms with van der Waals surface area (Å²) in [6.07, 6.45) is 7.46. The van der Waals surface area contributed by atoms with Gasteiger partial charge in [-0.1, -0.05) is 32.6 Å². The molecular formula is C13H26ClNO2. The molecule has 0 rings (SSSR count). The Kier molecular flexibility index (Phi) is 13.6. The van der Waals surface area contributed by atoms with E-state index in [0.29, 0.717) is 32.1 Å². The standard InChI is InChI=1S/C13H26ClNO2/c1-2-3-4-5-6-8-13(16)15-10-7-11-17-12-9-14/h2-12H2,1H3,(H,15,16). The lowest BCUT2D eigenvalue weighted by atomic mass is 10.1. The molecule has 0 aliphatic carbocycles. The zero-order chi connectivity index (χ0) is 12.8. The van der Waals surface area contributed by atoms with Gasteiger partial charge in [0.15, 0.2) is 0 Å². The summed E-state index contributed by atoms with van der Waals surface area (Å²) in [6, 6.07) is 0. The maximum Gasteiger partial charge on any atom is 0.219 e. The number of ether oxygens (including phenoxy) is 1. The van der Waals surface area contributed by atoms with Crippen molar-refractivity contribution in [1.82, 2.24) is 5.32 Å². The van der Waals surface area contributed by atoms with Gasteiger partial charge in [-0.15, -0.1) is 11.6 Å². The van der Waals surface area contributed by atoms with Crippen LogP contribution in [0.4, 0.5) is 0 Å². The highest BCUT2D eigenvalue weighted by atomic mass is 35.5. The van der Waals surface area contributed by atoms with Crippen LogP contribution in [0.1, 0.15) is 51.9 Å². The first kappa shape index (κ1) is 16.7. The van der Waals surface area contributed by atoms with Crippen LogP contribution in [0.2, 0.25) is 0 Å². The fraction of sp³-hybridized carbons (Fsp3) is 0.923. The third kappa shape index (κ3) is 13.7. The average Bonchev–Trinajstić information content (AvgIpc) is 2.33. The SMILES string of the molecule is CCCCCCCC(=O)NCCCOCCCl. The molecule has 0 aliphatic rings. The Morgan fingerprint density at radius 2 is 1.88 bits per heavy atom. The first-order valence-corrected chi connectivity index (χ1v) is 7.25. The van der Waals surface area contributed by atoms with Crippen molar-refractivity contribution in [2.75, 3.05) is 25.6 Å². The van der Waals surface area contributed by atoms with E-state index < -0.39 is 0 Å². The third-order valence-electron chi connectivity index (χ3n) is 2.52. The number of hydrogen-bond donors (Lipinski definition) is 1. The van der Waals surface area contributed by atoms with E-state index in [4.69, 9.17) is 16.3 Å². The van der Waals surface area contributed by atoms with Crippen LogP contribution >= 0.6 is 11.6 Å². The van der Waals surface area contributed by atoms with Crippen molar-refractivity contribution in [1.29, 1.82) is 0 Å². The van der Waals surface area contributed by atoms with Crippen molar-refractivity contribution in [3.63, 3.8) is 0 Å². The van der Waals surface area contributed by atoms with Gasteiger partial charge in [0.25, 0.3) is 0 Å². The lowest BCUT2D eigenvalue weighted by molar-refractivity contribution is -0.121. The summed E-state index contributed by atoms with van der Waals surface area (Å²) in [5, 5.41) is 2.90. The highest BCUT2D eigenvalue weighted by Gasteiger charge is 1.99. The Morgan fingerprint density at radius 3 is 2.59 bits per heavy atom. The normalized spacial score (nSPS) is 10.5. The van der Waals surface area contributed by atoms with E-state index in [1.807, 2.05) is 0 Å². The molecule has 0 bridgehead atoms. The van der Waals surface area contributed by atoms with E-state index in [0.717, 1.165) is 12.8 Å². The molecular weight excluding hydrogens is 238 g/mol. The van der Waals surface area contributed by atoms with Gasteiger partial charge in [-0.3, -0.25) is 4.79 Å². The summed E-state index contributed by atoms with van der Waals surface area (Å²) in [5.41, 5.74) is 0. The second-order valence-electron chi connectivity index (χ2n) is 4.17. The van der Waals surface area contributed by atoms with E-state index in [1.165, 1.54) is 25.7 Å². The fourth-order valence-corrected chi connectivity index (χ4v) is 1.65. The Bertz CT molecular complexity index is 177. The molecule has 4 heteroatoms. The van der Waals surface area contributed by atoms with Gasteiger partial charge in [-0.25, -0.2) is 0 Å². The first-order valence-electron chi connectivity index (χ1n) is 6.71. The van der Waals surface area contributed by atoms with Crippen LogP contribution in [0.5, 0.6) is 0 Å². The van der Waals surface area contributed by atoms with E-state index in [2.05, 4.69) is 12.2 Å². The highest BCUT2D eigenvalue weighted by Crippen LogP contribution is 2.04. The molecule has 0 aromatic heterocycles.